The highest BCUT2D eigenvalue weighted by Gasteiger charge is 2.17. The van der Waals surface area contributed by atoms with Crippen LogP contribution >= 0.6 is 21.2 Å². The van der Waals surface area contributed by atoms with Gasteiger partial charge in [0.2, 0.25) is 0 Å². The van der Waals surface area contributed by atoms with Gasteiger partial charge >= 0.3 is 0 Å². The number of benzene rings is 8. The fourth-order valence-corrected chi connectivity index (χ4v) is 10.5. The Hall–Kier alpha value is -4.96. The predicted molar refractivity (Wildman–Crippen MR) is 252 cm³/mol. The van der Waals surface area contributed by atoms with Gasteiger partial charge in [-0.2, -0.15) is 0 Å². The van der Waals surface area contributed by atoms with E-state index >= 15 is 0 Å². The van der Waals surface area contributed by atoms with Gasteiger partial charge in [0.05, 0.1) is 0 Å². The number of fused-ring (bicyclic) bond motifs is 2. The maximum atomic E-state index is 13.0. The molecule has 0 radical (unpaired) electrons. The van der Waals surface area contributed by atoms with E-state index in [4.69, 9.17) is 0 Å². The second-order valence-corrected chi connectivity index (χ2v) is 26.6. The molecule has 0 aliphatic heterocycles. The van der Waals surface area contributed by atoms with E-state index in [1.807, 2.05) is 50.9 Å². The van der Waals surface area contributed by atoms with Crippen molar-refractivity contribution in [1.82, 2.24) is 0 Å². The summed E-state index contributed by atoms with van der Waals surface area (Å²) in [5, 5.41) is 7.82. The van der Waals surface area contributed by atoms with Crippen molar-refractivity contribution in [2.45, 2.75) is 0 Å². The quantitative estimate of drug-likeness (QED) is 0.144. The van der Waals surface area contributed by atoms with E-state index in [-0.39, 0.29) is 0 Å². The molecule has 0 heterocycles. The largest absolute Gasteiger partial charge is 0.319 e. The smallest absolute Gasteiger partial charge is 0.109 e. The third-order valence-corrected chi connectivity index (χ3v) is 15.7. The molecule has 0 saturated heterocycles. The molecule has 8 aromatic carbocycles. The Morgan fingerprint density at radius 1 is 0.321 bits per heavy atom. The van der Waals surface area contributed by atoms with Crippen LogP contribution in [0.3, 0.4) is 0 Å². The van der Waals surface area contributed by atoms with Crippen LogP contribution in [0.4, 0.5) is 0 Å². The van der Waals surface area contributed by atoms with Gasteiger partial charge in [0, 0.05) is 10.6 Å². The summed E-state index contributed by atoms with van der Waals surface area (Å²) in [6, 6.07) is 58.7. The van der Waals surface area contributed by atoms with Gasteiger partial charge in [0.25, 0.3) is 0 Å². The summed E-state index contributed by atoms with van der Waals surface area (Å²) in [6.07, 6.45) is 4.45. The van der Waals surface area contributed by atoms with Gasteiger partial charge in [-0.3, -0.25) is 0 Å². The lowest BCUT2D eigenvalue weighted by Gasteiger charge is -2.18. The van der Waals surface area contributed by atoms with Gasteiger partial charge in [-0.05, 0) is 141 Å². The molecule has 278 valence electrons. The summed E-state index contributed by atoms with van der Waals surface area (Å²) in [6.45, 7) is 10.4. The van der Waals surface area contributed by atoms with E-state index in [2.05, 4.69) is 159 Å². The second kappa shape index (κ2) is 14.5. The highest BCUT2D eigenvalue weighted by Crippen LogP contribution is 2.43. The maximum Gasteiger partial charge on any atom is 0.109 e. The van der Waals surface area contributed by atoms with Gasteiger partial charge in [-0.25, -0.2) is 0 Å². The first-order valence-corrected chi connectivity index (χ1v) is 27.0. The topological polar surface area (TPSA) is 34.1 Å². The molecule has 0 unspecified atom stereocenters. The fraction of sp³-hybridized carbons (Fsp3) is 0.118. The van der Waals surface area contributed by atoms with Gasteiger partial charge < -0.3 is 9.13 Å². The normalized spacial score (nSPS) is 12.3. The zero-order valence-electron chi connectivity index (χ0n) is 33.0. The van der Waals surface area contributed by atoms with Crippen molar-refractivity contribution in [2.75, 3.05) is 40.0 Å². The first kappa shape index (κ1) is 37.9. The van der Waals surface area contributed by atoms with Crippen molar-refractivity contribution in [3.63, 3.8) is 0 Å². The van der Waals surface area contributed by atoms with Crippen LogP contribution in [0, 0.1) is 0 Å². The van der Waals surface area contributed by atoms with Crippen LogP contribution in [0.1, 0.15) is 0 Å². The average molecular weight is 785 g/mol. The van der Waals surface area contributed by atoms with Gasteiger partial charge in [0.15, 0.2) is 0 Å². The maximum absolute atomic E-state index is 13.0. The lowest BCUT2D eigenvalue weighted by atomic mass is 9.87. The highest BCUT2D eigenvalue weighted by molar-refractivity contribution is 7.79. The van der Waals surface area contributed by atoms with E-state index in [1.165, 1.54) is 38.2 Å². The van der Waals surface area contributed by atoms with Gasteiger partial charge in [0.1, 0.15) is 14.3 Å². The summed E-state index contributed by atoms with van der Waals surface area (Å²) in [5.74, 6) is 0. The molecule has 0 aliphatic rings. The second-order valence-electron chi connectivity index (χ2n) is 16.2. The van der Waals surface area contributed by atoms with Crippen LogP contribution in [0.2, 0.25) is 0 Å². The standard InChI is InChI=1S/C51H47O2P3/c1-54(2,3)41-22-18-36(19-23-41)44-28-30-46(50-14-10-8-12-48(44)50)39-32-38(35-16-24-42(25-17-35)55(4,5)52)33-40(34-39)47-31-29-45(49-13-9-11-15-51(47)49)37-20-26-43(27-21-37)56(6,7)53/h8-34H,1H2,2-7H3. The fourth-order valence-electron chi connectivity index (χ4n) is 7.77. The van der Waals surface area contributed by atoms with E-state index < -0.39 is 21.2 Å². The zero-order chi connectivity index (χ0) is 39.4. The molecule has 0 bridgehead atoms. The first-order chi connectivity index (χ1) is 26.6. The van der Waals surface area contributed by atoms with Crippen molar-refractivity contribution >= 4 is 64.9 Å². The summed E-state index contributed by atoms with van der Waals surface area (Å²) < 4.78 is 25.7. The van der Waals surface area contributed by atoms with E-state index in [0.717, 1.165) is 54.9 Å². The van der Waals surface area contributed by atoms with Crippen molar-refractivity contribution in [3.05, 3.63) is 164 Å². The summed E-state index contributed by atoms with van der Waals surface area (Å²) in [4.78, 5) is 0. The molecule has 8 rings (SSSR count). The van der Waals surface area contributed by atoms with Crippen LogP contribution in [-0.2, 0) is 9.13 Å². The molecule has 0 saturated carbocycles. The Morgan fingerprint density at radius 2 is 0.607 bits per heavy atom. The predicted octanol–water partition coefficient (Wildman–Crippen LogP) is 13.2. The molecule has 2 nitrogen and oxygen atoms in total. The van der Waals surface area contributed by atoms with Crippen molar-refractivity contribution in [3.8, 4) is 55.6 Å². The third-order valence-electron chi connectivity index (χ3n) is 10.9. The molecule has 8 aromatic rings. The minimum Gasteiger partial charge on any atom is -0.319 e. The molecule has 0 fully saturated rings. The van der Waals surface area contributed by atoms with E-state index in [9.17, 15) is 9.13 Å². The van der Waals surface area contributed by atoms with Crippen molar-refractivity contribution in [2.24, 2.45) is 0 Å². The number of hydrogen-bond acceptors (Lipinski definition) is 2. The van der Waals surface area contributed by atoms with E-state index in [0.29, 0.717) is 0 Å². The Kier molecular flexibility index (Phi) is 9.84. The van der Waals surface area contributed by atoms with E-state index in [1.54, 1.807) is 0 Å². The summed E-state index contributed by atoms with van der Waals surface area (Å²) >= 11 is 0. The Morgan fingerprint density at radius 3 is 0.929 bits per heavy atom. The number of hydrogen-bond donors (Lipinski definition) is 0. The van der Waals surface area contributed by atoms with Gasteiger partial charge in [-0.15, -0.1) is 0 Å². The zero-order valence-corrected chi connectivity index (χ0v) is 35.6. The van der Waals surface area contributed by atoms with Crippen molar-refractivity contribution in [1.29, 1.82) is 0 Å². The van der Waals surface area contributed by atoms with Gasteiger partial charge in [-0.1, -0.05) is 159 Å². The molecule has 0 N–H and O–H groups in total. The Bertz CT molecular complexity index is 2760. The van der Waals surface area contributed by atoms with Crippen LogP contribution in [-0.4, -0.2) is 46.3 Å². The van der Waals surface area contributed by atoms with Crippen molar-refractivity contribution < 1.29 is 9.13 Å². The number of rotatable bonds is 8. The minimum atomic E-state index is -2.40. The SMILES string of the molecule is C=P(C)(C)c1ccc(-c2ccc(-c3cc(-c4ccc(P(C)(C)=O)cc4)cc(-c4ccc(-c5ccc(P(C)(C)=O)cc5)c5ccccc45)c3)c3ccccc23)cc1. The average Bonchev–Trinajstić information content (AvgIpc) is 3.19. The highest BCUT2D eigenvalue weighted by atomic mass is 31.2. The van der Waals surface area contributed by atoms with Crippen LogP contribution in [0.25, 0.3) is 77.2 Å². The molecular weight excluding hydrogens is 737 g/mol. The lowest BCUT2D eigenvalue weighted by molar-refractivity contribution is 0.587. The van der Waals surface area contributed by atoms with Crippen LogP contribution in [0.5, 0.6) is 0 Å². The molecule has 0 aliphatic carbocycles. The first-order valence-electron chi connectivity index (χ1n) is 19.0. The molecular formula is C51H47O2P3. The summed E-state index contributed by atoms with van der Waals surface area (Å²) in [7, 11) is -4.75. The third kappa shape index (κ3) is 7.48. The molecule has 0 amide bonds. The summed E-state index contributed by atoms with van der Waals surface area (Å²) in [5.41, 5.74) is 11.4. The lowest BCUT2D eigenvalue weighted by Crippen LogP contribution is -2.02. The minimum absolute atomic E-state index is 0.878. The molecule has 5 heteroatoms. The molecule has 0 aromatic heterocycles. The molecule has 0 spiro atoms. The Labute approximate surface area is 332 Å². The molecule has 56 heavy (non-hydrogen) atoms. The van der Waals surface area contributed by atoms with Crippen LogP contribution < -0.4 is 15.9 Å². The van der Waals surface area contributed by atoms with Crippen LogP contribution in [0.15, 0.2) is 164 Å². The Balaban J connectivity index is 1.32. The molecule has 0 atom stereocenters. The monoisotopic (exact) mass is 784 g/mol.